The van der Waals surface area contributed by atoms with Gasteiger partial charge in [0.15, 0.2) is 5.96 Å². The molecule has 0 aliphatic rings. The van der Waals surface area contributed by atoms with Gasteiger partial charge in [-0.2, -0.15) is 5.10 Å². The molecule has 2 aromatic carbocycles. The van der Waals surface area contributed by atoms with E-state index < -0.39 is 0 Å². The summed E-state index contributed by atoms with van der Waals surface area (Å²) in [6.07, 6.45) is 5.42. The summed E-state index contributed by atoms with van der Waals surface area (Å²) in [5, 5.41) is 10.8. The highest BCUT2D eigenvalue weighted by Gasteiger charge is 2.00. The molecule has 2 N–H and O–H groups in total. The molecule has 0 saturated heterocycles. The lowest BCUT2D eigenvalue weighted by Crippen LogP contribution is -2.39. The Hall–Kier alpha value is -3.15. The van der Waals surface area contributed by atoms with E-state index in [0.29, 0.717) is 0 Å². The van der Waals surface area contributed by atoms with E-state index in [2.05, 4.69) is 45.0 Å². The molecular weight excluding hydrogens is 341 g/mol. The van der Waals surface area contributed by atoms with Crippen LogP contribution in [-0.4, -0.2) is 35.9 Å². The van der Waals surface area contributed by atoms with Gasteiger partial charge in [0.05, 0.1) is 5.69 Å². The molecule has 1 heterocycles. The lowest BCUT2D eigenvalue weighted by Gasteiger charge is -2.12. The third-order valence-electron chi connectivity index (χ3n) is 4.25. The van der Waals surface area contributed by atoms with E-state index >= 15 is 0 Å². The summed E-state index contributed by atoms with van der Waals surface area (Å²) in [5.74, 6) is 0.562. The maximum atomic E-state index is 12.9. The topological polar surface area (TPSA) is 54.2 Å². The van der Waals surface area contributed by atoms with Crippen molar-refractivity contribution in [3.8, 4) is 5.69 Å². The molecule has 140 valence electrons. The van der Waals surface area contributed by atoms with E-state index in [1.807, 2.05) is 16.9 Å². The lowest BCUT2D eigenvalue weighted by atomic mass is 10.1. The van der Waals surface area contributed by atoms with Gasteiger partial charge in [-0.25, -0.2) is 9.07 Å². The van der Waals surface area contributed by atoms with Crippen molar-refractivity contribution in [1.29, 1.82) is 0 Å². The van der Waals surface area contributed by atoms with Crippen LogP contribution in [0.1, 0.15) is 11.1 Å². The van der Waals surface area contributed by atoms with Crippen LogP contribution in [0.15, 0.2) is 72.0 Å². The van der Waals surface area contributed by atoms with Crippen molar-refractivity contribution in [2.75, 3.05) is 20.1 Å². The average Bonchev–Trinajstić information content (AvgIpc) is 3.23. The molecule has 27 heavy (non-hydrogen) atoms. The number of guanidine groups is 1. The van der Waals surface area contributed by atoms with Crippen molar-refractivity contribution in [3.05, 3.63) is 83.9 Å². The molecule has 5 nitrogen and oxygen atoms in total. The van der Waals surface area contributed by atoms with Gasteiger partial charge < -0.3 is 10.6 Å². The Balaban J connectivity index is 1.39. The quantitative estimate of drug-likeness (QED) is 0.500. The van der Waals surface area contributed by atoms with Crippen molar-refractivity contribution < 1.29 is 4.39 Å². The van der Waals surface area contributed by atoms with Gasteiger partial charge in [0, 0.05) is 32.5 Å². The standard InChI is InChI=1S/C21H24FN5/c1-23-21(24-14-11-17-3-7-19(22)8-4-17)25-15-12-18-5-9-20(10-6-18)27-16-2-13-26-27/h2-10,13,16H,11-12,14-15H2,1H3,(H2,23,24,25). The normalized spacial score (nSPS) is 11.4. The number of benzene rings is 2. The summed E-state index contributed by atoms with van der Waals surface area (Å²) in [4.78, 5) is 4.24. The minimum absolute atomic E-state index is 0.207. The highest BCUT2D eigenvalue weighted by atomic mass is 19.1. The zero-order chi connectivity index (χ0) is 18.9. The number of halogens is 1. The minimum Gasteiger partial charge on any atom is -0.356 e. The number of hydrogen-bond donors (Lipinski definition) is 2. The van der Waals surface area contributed by atoms with Crippen LogP contribution in [0.3, 0.4) is 0 Å². The fourth-order valence-electron chi connectivity index (χ4n) is 2.76. The van der Waals surface area contributed by atoms with E-state index in [9.17, 15) is 4.39 Å². The lowest BCUT2D eigenvalue weighted by molar-refractivity contribution is 0.626. The fraction of sp³-hybridized carbons (Fsp3) is 0.238. The van der Waals surface area contributed by atoms with Gasteiger partial charge in [-0.05, 0) is 54.3 Å². The molecule has 0 aliphatic heterocycles. The van der Waals surface area contributed by atoms with Gasteiger partial charge in [-0.1, -0.05) is 24.3 Å². The molecule has 3 rings (SSSR count). The summed E-state index contributed by atoms with van der Waals surface area (Å²) in [6, 6.07) is 16.9. The zero-order valence-corrected chi connectivity index (χ0v) is 15.4. The largest absolute Gasteiger partial charge is 0.356 e. The number of rotatable bonds is 7. The van der Waals surface area contributed by atoms with Gasteiger partial charge in [0.1, 0.15) is 5.82 Å². The van der Waals surface area contributed by atoms with Gasteiger partial charge in [-0.3, -0.25) is 4.99 Å². The monoisotopic (exact) mass is 365 g/mol. The molecule has 1 aromatic heterocycles. The molecule has 0 unspecified atom stereocenters. The molecule has 0 radical (unpaired) electrons. The molecule has 0 bridgehead atoms. The Labute approximate surface area is 159 Å². The molecule has 0 fully saturated rings. The first kappa shape index (κ1) is 18.6. The molecule has 6 heteroatoms. The van der Waals surface area contributed by atoms with E-state index in [1.54, 1.807) is 25.4 Å². The first-order valence-corrected chi connectivity index (χ1v) is 9.02. The summed E-state index contributed by atoms with van der Waals surface area (Å²) < 4.78 is 14.8. The molecule has 0 atom stereocenters. The number of hydrogen-bond acceptors (Lipinski definition) is 2. The summed E-state index contributed by atoms with van der Waals surface area (Å²) in [5.41, 5.74) is 3.40. The van der Waals surface area contributed by atoms with Crippen LogP contribution < -0.4 is 10.6 Å². The predicted molar refractivity (Wildman–Crippen MR) is 107 cm³/mol. The average molecular weight is 365 g/mol. The predicted octanol–water partition coefficient (Wildman–Crippen LogP) is 2.96. The zero-order valence-electron chi connectivity index (χ0n) is 15.4. The first-order valence-electron chi connectivity index (χ1n) is 9.02. The molecule has 0 saturated carbocycles. The third kappa shape index (κ3) is 5.67. The van der Waals surface area contributed by atoms with Crippen LogP contribution in [0.4, 0.5) is 4.39 Å². The van der Waals surface area contributed by atoms with Crippen molar-refractivity contribution in [3.63, 3.8) is 0 Å². The number of nitrogens with one attached hydrogen (secondary N) is 2. The van der Waals surface area contributed by atoms with Gasteiger partial charge >= 0.3 is 0 Å². The van der Waals surface area contributed by atoms with Crippen LogP contribution in [0.2, 0.25) is 0 Å². The second-order valence-corrected chi connectivity index (χ2v) is 6.17. The van der Waals surface area contributed by atoms with Crippen LogP contribution in [0, 0.1) is 5.82 Å². The number of aliphatic imine (C=N–C) groups is 1. The summed E-state index contributed by atoms with van der Waals surface area (Å²) >= 11 is 0. The van der Waals surface area contributed by atoms with Crippen molar-refractivity contribution >= 4 is 5.96 Å². The smallest absolute Gasteiger partial charge is 0.190 e. The summed E-state index contributed by atoms with van der Waals surface area (Å²) in [7, 11) is 1.76. The molecule has 3 aromatic rings. The van der Waals surface area contributed by atoms with E-state index in [1.165, 1.54) is 17.7 Å². The fourth-order valence-corrected chi connectivity index (χ4v) is 2.76. The van der Waals surface area contributed by atoms with Gasteiger partial charge in [-0.15, -0.1) is 0 Å². The molecule has 0 spiro atoms. The van der Waals surface area contributed by atoms with E-state index in [4.69, 9.17) is 0 Å². The van der Waals surface area contributed by atoms with Crippen LogP contribution >= 0.6 is 0 Å². The second kappa shape index (κ2) is 9.52. The van der Waals surface area contributed by atoms with Crippen LogP contribution in [0.5, 0.6) is 0 Å². The van der Waals surface area contributed by atoms with Crippen LogP contribution in [0.25, 0.3) is 5.69 Å². The first-order chi connectivity index (χ1) is 13.2. The number of nitrogens with zero attached hydrogens (tertiary/aromatic N) is 3. The molecular formula is C21H24FN5. The van der Waals surface area contributed by atoms with Crippen molar-refractivity contribution in [1.82, 2.24) is 20.4 Å². The summed E-state index contributed by atoms with van der Waals surface area (Å²) in [6.45, 7) is 1.53. The van der Waals surface area contributed by atoms with Gasteiger partial charge in [0.25, 0.3) is 0 Å². The Morgan fingerprint density at radius 1 is 0.963 bits per heavy atom. The van der Waals surface area contributed by atoms with Gasteiger partial charge in [0.2, 0.25) is 0 Å². The van der Waals surface area contributed by atoms with Crippen molar-refractivity contribution in [2.45, 2.75) is 12.8 Å². The highest BCUT2D eigenvalue weighted by Crippen LogP contribution is 2.08. The minimum atomic E-state index is -0.207. The number of aromatic nitrogens is 2. The van der Waals surface area contributed by atoms with Crippen molar-refractivity contribution in [2.24, 2.45) is 4.99 Å². The second-order valence-electron chi connectivity index (χ2n) is 6.17. The van der Waals surface area contributed by atoms with Crippen LogP contribution in [-0.2, 0) is 12.8 Å². The molecule has 0 aliphatic carbocycles. The Bertz CT molecular complexity index is 839. The Morgan fingerprint density at radius 3 is 2.07 bits per heavy atom. The highest BCUT2D eigenvalue weighted by molar-refractivity contribution is 5.79. The third-order valence-corrected chi connectivity index (χ3v) is 4.25. The van der Waals surface area contributed by atoms with E-state index in [-0.39, 0.29) is 5.82 Å². The van der Waals surface area contributed by atoms with E-state index in [0.717, 1.165) is 43.1 Å². The Morgan fingerprint density at radius 2 is 1.56 bits per heavy atom. The molecule has 0 amide bonds. The SMILES string of the molecule is CN=C(NCCc1ccc(F)cc1)NCCc1ccc(-n2cccn2)cc1. The maximum absolute atomic E-state index is 12.9. The Kier molecular flexibility index (Phi) is 6.57. The maximum Gasteiger partial charge on any atom is 0.190 e.